The van der Waals surface area contributed by atoms with Crippen LogP contribution < -0.4 is 10.6 Å². The molecule has 3 nitrogen and oxygen atoms in total. The van der Waals surface area contributed by atoms with Crippen molar-refractivity contribution in [1.29, 1.82) is 0 Å². The van der Waals surface area contributed by atoms with E-state index in [2.05, 4.69) is 15.6 Å². The first-order chi connectivity index (χ1) is 9.60. The van der Waals surface area contributed by atoms with E-state index < -0.39 is 0 Å². The molecule has 2 aromatic rings. The van der Waals surface area contributed by atoms with Crippen molar-refractivity contribution in [2.45, 2.75) is 6.42 Å². The molecule has 0 atom stereocenters. The first-order valence-electron chi connectivity index (χ1n) is 6.12. The third-order valence-corrected chi connectivity index (χ3v) is 3.61. The molecule has 0 unspecified atom stereocenters. The van der Waals surface area contributed by atoms with Crippen LogP contribution in [0, 0.1) is 0 Å². The Morgan fingerprint density at radius 3 is 2.30 bits per heavy atom. The quantitative estimate of drug-likeness (QED) is 0.831. The Balaban J connectivity index is 1.98. The van der Waals surface area contributed by atoms with Crippen molar-refractivity contribution in [2.24, 2.45) is 0 Å². The van der Waals surface area contributed by atoms with Crippen LogP contribution in [-0.4, -0.2) is 18.6 Å². The maximum absolute atomic E-state index is 6.11. The molecule has 2 rings (SSSR count). The zero-order chi connectivity index (χ0) is 14.5. The van der Waals surface area contributed by atoms with E-state index >= 15 is 0 Å². The molecule has 0 amide bonds. The highest BCUT2D eigenvalue weighted by molar-refractivity contribution is 6.37. The van der Waals surface area contributed by atoms with Crippen molar-refractivity contribution < 1.29 is 0 Å². The van der Waals surface area contributed by atoms with E-state index in [1.54, 1.807) is 13.1 Å². The van der Waals surface area contributed by atoms with Crippen molar-refractivity contribution in [2.75, 3.05) is 24.2 Å². The van der Waals surface area contributed by atoms with Gasteiger partial charge in [0.05, 0.1) is 10.0 Å². The van der Waals surface area contributed by atoms with Gasteiger partial charge in [-0.25, -0.2) is 4.98 Å². The summed E-state index contributed by atoms with van der Waals surface area (Å²) in [7, 11) is 1.76. The molecule has 0 spiro atoms. The fourth-order valence-corrected chi connectivity index (χ4v) is 2.39. The first-order valence-corrected chi connectivity index (χ1v) is 7.25. The number of rotatable bonds is 5. The molecule has 0 aliphatic heterocycles. The number of aromatic nitrogens is 1. The summed E-state index contributed by atoms with van der Waals surface area (Å²) in [5.74, 6) is 1.22. The molecule has 0 bridgehead atoms. The molecule has 1 aromatic carbocycles. The molecule has 1 aromatic heterocycles. The van der Waals surface area contributed by atoms with E-state index in [0.717, 1.165) is 18.0 Å². The highest BCUT2D eigenvalue weighted by Crippen LogP contribution is 2.28. The van der Waals surface area contributed by atoms with Crippen LogP contribution >= 0.6 is 34.8 Å². The van der Waals surface area contributed by atoms with Crippen LogP contribution in [0.2, 0.25) is 15.1 Å². The van der Waals surface area contributed by atoms with Crippen LogP contribution in [0.15, 0.2) is 30.3 Å². The van der Waals surface area contributed by atoms with Gasteiger partial charge in [0.1, 0.15) is 11.6 Å². The Morgan fingerprint density at radius 1 is 1.00 bits per heavy atom. The zero-order valence-electron chi connectivity index (χ0n) is 10.9. The topological polar surface area (TPSA) is 37.0 Å². The average molecular weight is 331 g/mol. The summed E-state index contributed by atoms with van der Waals surface area (Å²) in [6.45, 7) is 0.721. The van der Waals surface area contributed by atoms with Gasteiger partial charge in [-0.1, -0.05) is 46.9 Å². The number of hydrogen-bond donors (Lipinski definition) is 2. The van der Waals surface area contributed by atoms with E-state index in [4.69, 9.17) is 34.8 Å². The number of halogens is 3. The second kappa shape index (κ2) is 7.02. The minimum Gasteiger partial charge on any atom is -0.372 e. The summed E-state index contributed by atoms with van der Waals surface area (Å²) < 4.78 is 0. The minimum absolute atomic E-state index is 0.501. The SMILES string of the molecule is CNc1nc(NCCc2ccc(Cl)cc2)c(Cl)cc1Cl. The lowest BCUT2D eigenvalue weighted by molar-refractivity contribution is 1.01. The van der Waals surface area contributed by atoms with Gasteiger partial charge < -0.3 is 10.6 Å². The van der Waals surface area contributed by atoms with Gasteiger partial charge in [0, 0.05) is 18.6 Å². The van der Waals surface area contributed by atoms with Crippen LogP contribution in [-0.2, 0) is 6.42 Å². The van der Waals surface area contributed by atoms with Crippen molar-refractivity contribution >= 4 is 46.4 Å². The highest BCUT2D eigenvalue weighted by atomic mass is 35.5. The standard InChI is InChI=1S/C14H14Cl3N3/c1-18-13-11(16)8-12(17)14(20-13)19-7-6-9-2-4-10(15)5-3-9/h2-5,8H,6-7H2,1H3,(H2,18,19,20). The fraction of sp³-hybridized carbons (Fsp3) is 0.214. The number of nitrogens with one attached hydrogen (secondary N) is 2. The maximum Gasteiger partial charge on any atom is 0.147 e. The van der Waals surface area contributed by atoms with E-state index in [1.165, 1.54) is 5.56 Å². The molecule has 106 valence electrons. The van der Waals surface area contributed by atoms with E-state index in [1.807, 2.05) is 24.3 Å². The molecule has 0 radical (unpaired) electrons. The summed E-state index contributed by atoms with van der Waals surface area (Å²) in [6.07, 6.45) is 0.854. The summed E-state index contributed by atoms with van der Waals surface area (Å²) in [4.78, 5) is 4.33. The lowest BCUT2D eigenvalue weighted by Gasteiger charge is -2.10. The predicted molar refractivity (Wildman–Crippen MR) is 87.4 cm³/mol. The van der Waals surface area contributed by atoms with Gasteiger partial charge in [-0.15, -0.1) is 0 Å². The lowest BCUT2D eigenvalue weighted by atomic mass is 10.1. The van der Waals surface area contributed by atoms with Gasteiger partial charge in [-0.3, -0.25) is 0 Å². The van der Waals surface area contributed by atoms with Crippen LogP contribution in [0.4, 0.5) is 11.6 Å². The normalized spacial score (nSPS) is 10.4. The Kier molecular flexibility index (Phi) is 5.35. The summed E-state index contributed by atoms with van der Waals surface area (Å²) >= 11 is 18.0. The van der Waals surface area contributed by atoms with Crippen molar-refractivity contribution in [1.82, 2.24) is 4.98 Å². The third kappa shape index (κ3) is 3.92. The summed E-state index contributed by atoms with van der Waals surface area (Å²) in [6, 6.07) is 9.43. The minimum atomic E-state index is 0.501. The summed E-state index contributed by atoms with van der Waals surface area (Å²) in [5.41, 5.74) is 1.20. The molecule has 0 saturated carbocycles. The second-order valence-electron chi connectivity index (χ2n) is 4.20. The van der Waals surface area contributed by atoms with E-state index in [-0.39, 0.29) is 0 Å². The molecular weight excluding hydrogens is 317 g/mol. The van der Waals surface area contributed by atoms with Gasteiger partial charge in [0.2, 0.25) is 0 Å². The largest absolute Gasteiger partial charge is 0.372 e. The Morgan fingerprint density at radius 2 is 1.65 bits per heavy atom. The van der Waals surface area contributed by atoms with Gasteiger partial charge in [0.15, 0.2) is 0 Å². The first kappa shape index (κ1) is 15.2. The highest BCUT2D eigenvalue weighted by Gasteiger charge is 2.07. The molecule has 6 heteroatoms. The molecule has 0 fully saturated rings. The third-order valence-electron chi connectivity index (χ3n) is 2.79. The van der Waals surface area contributed by atoms with Crippen LogP contribution in [0.25, 0.3) is 0 Å². The van der Waals surface area contributed by atoms with E-state index in [0.29, 0.717) is 21.7 Å². The smallest absolute Gasteiger partial charge is 0.147 e. The number of pyridine rings is 1. The molecule has 0 aliphatic rings. The molecule has 2 N–H and O–H groups in total. The Bertz CT molecular complexity index is 585. The fourth-order valence-electron chi connectivity index (χ4n) is 1.74. The second-order valence-corrected chi connectivity index (χ2v) is 5.45. The van der Waals surface area contributed by atoms with Gasteiger partial charge in [-0.2, -0.15) is 0 Å². The Hall–Kier alpha value is -1.16. The van der Waals surface area contributed by atoms with Crippen LogP contribution in [0.1, 0.15) is 5.56 Å². The van der Waals surface area contributed by atoms with Gasteiger partial charge >= 0.3 is 0 Å². The average Bonchev–Trinajstić information content (AvgIpc) is 2.43. The zero-order valence-corrected chi connectivity index (χ0v) is 13.1. The monoisotopic (exact) mass is 329 g/mol. The van der Waals surface area contributed by atoms with Gasteiger partial charge in [-0.05, 0) is 30.2 Å². The molecule has 1 heterocycles. The van der Waals surface area contributed by atoms with Crippen molar-refractivity contribution in [3.8, 4) is 0 Å². The van der Waals surface area contributed by atoms with Gasteiger partial charge in [0.25, 0.3) is 0 Å². The van der Waals surface area contributed by atoms with Crippen LogP contribution in [0.5, 0.6) is 0 Å². The maximum atomic E-state index is 6.11. The number of anilines is 2. The predicted octanol–water partition coefficient (Wildman–Crippen LogP) is 4.74. The molecule has 0 saturated heterocycles. The Labute approximate surface area is 133 Å². The van der Waals surface area contributed by atoms with E-state index in [9.17, 15) is 0 Å². The lowest BCUT2D eigenvalue weighted by Crippen LogP contribution is -2.08. The number of hydrogen-bond acceptors (Lipinski definition) is 3. The molecule has 0 aliphatic carbocycles. The summed E-state index contributed by atoms with van der Waals surface area (Å²) in [5, 5.41) is 7.87. The molecule has 20 heavy (non-hydrogen) atoms. The van der Waals surface area contributed by atoms with Crippen molar-refractivity contribution in [3.63, 3.8) is 0 Å². The van der Waals surface area contributed by atoms with Crippen LogP contribution in [0.3, 0.4) is 0 Å². The number of benzene rings is 1. The molecular formula is C14H14Cl3N3. The number of nitrogens with zero attached hydrogens (tertiary/aromatic N) is 1. The van der Waals surface area contributed by atoms with Crippen molar-refractivity contribution in [3.05, 3.63) is 51.0 Å².